The highest BCUT2D eigenvalue weighted by molar-refractivity contribution is 4.91. The second-order valence-electron chi connectivity index (χ2n) is 19.0. The van der Waals surface area contributed by atoms with Crippen LogP contribution in [0.1, 0.15) is 287 Å². The van der Waals surface area contributed by atoms with E-state index in [0.717, 1.165) is 29.6 Å². The van der Waals surface area contributed by atoms with Crippen molar-refractivity contribution in [2.75, 3.05) is 0 Å². The van der Waals surface area contributed by atoms with Crippen molar-refractivity contribution in [2.45, 2.75) is 287 Å². The van der Waals surface area contributed by atoms with Gasteiger partial charge in [-0.05, 0) is 78.9 Å². The van der Waals surface area contributed by atoms with Gasteiger partial charge in [0.05, 0.1) is 0 Å². The Balaban J connectivity index is 2.80. The molecule has 0 bridgehead atoms. The van der Waals surface area contributed by atoms with Crippen molar-refractivity contribution in [1.29, 1.82) is 0 Å². The molecule has 0 saturated heterocycles. The lowest BCUT2D eigenvalue weighted by atomic mass is 9.58. The number of rotatable bonds is 27. The fourth-order valence-corrected chi connectivity index (χ4v) is 11.8. The molecule has 306 valence electrons. The Morgan fingerprint density at radius 3 is 1.27 bits per heavy atom. The molecule has 0 N–H and O–H groups in total. The van der Waals surface area contributed by atoms with Gasteiger partial charge in [0.2, 0.25) is 0 Å². The predicted molar refractivity (Wildman–Crippen MR) is 235 cm³/mol. The highest BCUT2D eigenvalue weighted by atomic mass is 14.5. The Bertz CT molecular complexity index is 714. The van der Waals surface area contributed by atoms with Crippen molar-refractivity contribution in [3.8, 4) is 0 Å². The first-order chi connectivity index (χ1) is 24.8. The Labute approximate surface area is 326 Å². The third-order valence-corrected chi connectivity index (χ3v) is 15.4. The van der Waals surface area contributed by atoms with Gasteiger partial charge in [0.1, 0.15) is 0 Å². The molecule has 0 aromatic rings. The average Bonchev–Trinajstić information content (AvgIpc) is 3.15. The maximum atomic E-state index is 2.63. The Morgan fingerprint density at radius 2 is 0.863 bits per heavy atom. The summed E-state index contributed by atoms with van der Waals surface area (Å²) in [6.07, 6.45) is 51.3. The van der Waals surface area contributed by atoms with Crippen LogP contribution < -0.4 is 0 Å². The molecule has 4 atom stereocenters. The summed E-state index contributed by atoms with van der Waals surface area (Å²) in [5.74, 6) is 4.60. The van der Waals surface area contributed by atoms with E-state index in [1.807, 2.05) is 0 Å². The number of unbranched alkanes of at least 4 members (excludes halogenated alkanes) is 6. The Morgan fingerprint density at radius 1 is 0.431 bits per heavy atom. The molecule has 1 rings (SSSR count). The van der Waals surface area contributed by atoms with Crippen molar-refractivity contribution in [3.63, 3.8) is 0 Å². The zero-order valence-electron chi connectivity index (χ0n) is 37.6. The molecule has 51 heavy (non-hydrogen) atoms. The monoisotopic (exact) mass is 715 g/mol. The van der Waals surface area contributed by atoms with E-state index in [1.54, 1.807) is 0 Å². The maximum Gasteiger partial charge on any atom is -0.0246 e. The third kappa shape index (κ3) is 19.4. The van der Waals surface area contributed by atoms with Crippen LogP contribution in [0.2, 0.25) is 0 Å². The van der Waals surface area contributed by atoms with E-state index in [4.69, 9.17) is 0 Å². The Kier molecular flexibility index (Phi) is 30.0. The molecule has 0 aliphatic heterocycles. The highest BCUT2D eigenvalue weighted by Gasteiger charge is 2.41. The standard InChI is InChI=1S/C51H102/c1-10-17-37-46(36-12-3)43-50(14-5,15-6)48(13-4)40-33-31-27-28-32-39-47(38-18-11-2)44-51(16-7,45(8)9)49-41-34-29-25-23-21-19-20-22-24-26-30-35-42-49/h45-49H,10-44H2,1-9H3. The second-order valence-corrected chi connectivity index (χ2v) is 19.0. The molecular formula is C51H102. The quantitative estimate of drug-likeness (QED) is 0.0743. The van der Waals surface area contributed by atoms with E-state index < -0.39 is 0 Å². The number of hydrogen-bond acceptors (Lipinski definition) is 0. The molecule has 0 spiro atoms. The number of hydrogen-bond donors (Lipinski definition) is 0. The molecule has 0 heterocycles. The van der Waals surface area contributed by atoms with E-state index in [0.29, 0.717) is 10.8 Å². The average molecular weight is 715 g/mol. The minimum atomic E-state index is 0.555. The lowest BCUT2D eigenvalue weighted by Crippen LogP contribution is -2.38. The van der Waals surface area contributed by atoms with Gasteiger partial charge in [0.25, 0.3) is 0 Å². The van der Waals surface area contributed by atoms with Gasteiger partial charge in [0.15, 0.2) is 0 Å². The van der Waals surface area contributed by atoms with Gasteiger partial charge in [-0.15, -0.1) is 0 Å². The van der Waals surface area contributed by atoms with Gasteiger partial charge in [-0.3, -0.25) is 0 Å². The second kappa shape index (κ2) is 31.2. The normalized spacial score (nSPS) is 19.6. The van der Waals surface area contributed by atoms with Crippen LogP contribution in [0.5, 0.6) is 0 Å². The van der Waals surface area contributed by atoms with Crippen molar-refractivity contribution < 1.29 is 0 Å². The van der Waals surface area contributed by atoms with E-state index in [9.17, 15) is 0 Å². The molecule has 0 heteroatoms. The van der Waals surface area contributed by atoms with Crippen LogP contribution in [0.4, 0.5) is 0 Å². The molecule has 0 amide bonds. The summed E-state index contributed by atoms with van der Waals surface area (Å²) in [6, 6.07) is 0. The smallest absolute Gasteiger partial charge is 0.0246 e. The molecule has 0 aromatic heterocycles. The van der Waals surface area contributed by atoms with Crippen LogP contribution in [-0.4, -0.2) is 0 Å². The van der Waals surface area contributed by atoms with E-state index in [1.165, 1.54) is 225 Å². The summed E-state index contributed by atoms with van der Waals surface area (Å²) >= 11 is 0. The van der Waals surface area contributed by atoms with Crippen LogP contribution in [-0.2, 0) is 0 Å². The SMILES string of the molecule is CCCCC(CCC)CC(CC)(CC)C(CC)CCCCCCCC(CCCC)CC(CC)(C(C)C)C1CCCCCCCCCCCCCC1. The lowest BCUT2D eigenvalue weighted by molar-refractivity contribution is 0.0312. The topological polar surface area (TPSA) is 0 Å². The minimum Gasteiger partial charge on any atom is -0.0654 e. The first-order valence-corrected chi connectivity index (χ1v) is 24.8. The summed E-state index contributed by atoms with van der Waals surface area (Å²) in [7, 11) is 0. The van der Waals surface area contributed by atoms with Crippen LogP contribution in [0, 0.1) is 40.4 Å². The first kappa shape index (κ1) is 49.0. The van der Waals surface area contributed by atoms with Crippen molar-refractivity contribution in [1.82, 2.24) is 0 Å². The van der Waals surface area contributed by atoms with Gasteiger partial charge in [-0.25, -0.2) is 0 Å². The molecule has 4 unspecified atom stereocenters. The predicted octanol–water partition coefficient (Wildman–Crippen LogP) is 18.9. The fraction of sp³-hybridized carbons (Fsp3) is 1.00. The van der Waals surface area contributed by atoms with Gasteiger partial charge >= 0.3 is 0 Å². The molecule has 0 aromatic carbocycles. The van der Waals surface area contributed by atoms with E-state index in [-0.39, 0.29) is 0 Å². The molecule has 1 fully saturated rings. The molecule has 1 aliphatic rings. The zero-order valence-corrected chi connectivity index (χ0v) is 37.6. The summed E-state index contributed by atoms with van der Waals surface area (Å²) in [5, 5.41) is 0. The molecule has 1 saturated carbocycles. The van der Waals surface area contributed by atoms with Gasteiger partial charge in [-0.2, -0.15) is 0 Å². The van der Waals surface area contributed by atoms with Gasteiger partial charge in [-0.1, -0.05) is 249 Å². The van der Waals surface area contributed by atoms with Gasteiger partial charge < -0.3 is 0 Å². The summed E-state index contributed by atoms with van der Waals surface area (Å²) in [5.41, 5.74) is 1.14. The van der Waals surface area contributed by atoms with Crippen LogP contribution in [0.15, 0.2) is 0 Å². The lowest BCUT2D eigenvalue weighted by Gasteiger charge is -2.47. The zero-order chi connectivity index (χ0) is 37.6. The molecule has 1 aliphatic carbocycles. The third-order valence-electron chi connectivity index (χ3n) is 15.4. The molecule has 0 nitrogen and oxygen atoms in total. The van der Waals surface area contributed by atoms with Crippen LogP contribution in [0.25, 0.3) is 0 Å². The van der Waals surface area contributed by atoms with Crippen molar-refractivity contribution >= 4 is 0 Å². The van der Waals surface area contributed by atoms with Crippen LogP contribution in [0.3, 0.4) is 0 Å². The summed E-state index contributed by atoms with van der Waals surface area (Å²) in [4.78, 5) is 0. The highest BCUT2D eigenvalue weighted by Crippen LogP contribution is 2.51. The maximum absolute atomic E-state index is 2.63. The molecular weight excluding hydrogens is 613 g/mol. The van der Waals surface area contributed by atoms with Crippen LogP contribution >= 0.6 is 0 Å². The minimum absolute atomic E-state index is 0.555. The van der Waals surface area contributed by atoms with Crippen molar-refractivity contribution in [3.05, 3.63) is 0 Å². The van der Waals surface area contributed by atoms with E-state index >= 15 is 0 Å². The Hall–Kier alpha value is 0. The van der Waals surface area contributed by atoms with E-state index in [2.05, 4.69) is 62.3 Å². The molecule has 0 radical (unpaired) electrons. The summed E-state index contributed by atoms with van der Waals surface area (Å²) in [6.45, 7) is 22.6. The van der Waals surface area contributed by atoms with Crippen molar-refractivity contribution in [2.24, 2.45) is 40.4 Å². The first-order valence-electron chi connectivity index (χ1n) is 24.8. The van der Waals surface area contributed by atoms with Gasteiger partial charge in [0, 0.05) is 0 Å². The fourth-order valence-electron chi connectivity index (χ4n) is 11.8. The summed E-state index contributed by atoms with van der Waals surface area (Å²) < 4.78 is 0. The largest absolute Gasteiger partial charge is 0.0654 e.